The summed E-state index contributed by atoms with van der Waals surface area (Å²) >= 11 is 0. The number of benzene rings is 1. The van der Waals surface area contributed by atoms with E-state index < -0.39 is 11.0 Å². The van der Waals surface area contributed by atoms with Crippen LogP contribution >= 0.6 is 0 Å². The number of nitro groups is 1. The van der Waals surface area contributed by atoms with E-state index in [4.69, 9.17) is 0 Å². The predicted octanol–water partition coefficient (Wildman–Crippen LogP) is 2.87. The van der Waals surface area contributed by atoms with Gasteiger partial charge in [-0.05, 0) is 24.6 Å². The Labute approximate surface area is 121 Å². The molecule has 0 unspecified atom stereocenters. The lowest BCUT2D eigenvalue weighted by atomic mass is 10.1. The molecule has 1 atom stereocenters. The van der Waals surface area contributed by atoms with Crippen molar-refractivity contribution in [1.82, 2.24) is 10.3 Å². The van der Waals surface area contributed by atoms with Crippen LogP contribution in [0.1, 0.15) is 18.5 Å². The van der Waals surface area contributed by atoms with Crippen molar-refractivity contribution < 1.29 is 9.72 Å². The highest BCUT2D eigenvalue weighted by Crippen LogP contribution is 2.23. The number of nitrogens with zero attached hydrogens (tertiary/aromatic N) is 2. The molecule has 2 rings (SSSR count). The van der Waals surface area contributed by atoms with Crippen molar-refractivity contribution in [3.8, 4) is 0 Å². The van der Waals surface area contributed by atoms with E-state index in [0.717, 1.165) is 5.56 Å². The van der Waals surface area contributed by atoms with Crippen molar-refractivity contribution in [2.75, 3.05) is 5.32 Å². The highest BCUT2D eigenvalue weighted by molar-refractivity contribution is 5.91. The van der Waals surface area contributed by atoms with Crippen LogP contribution in [0.15, 0.2) is 48.8 Å². The number of pyridine rings is 1. The van der Waals surface area contributed by atoms with Crippen molar-refractivity contribution in [1.29, 1.82) is 0 Å². The molecule has 1 aromatic carbocycles. The molecule has 7 nitrogen and oxygen atoms in total. The van der Waals surface area contributed by atoms with Gasteiger partial charge in [-0.3, -0.25) is 15.1 Å². The molecule has 7 heteroatoms. The maximum Gasteiger partial charge on any atom is 0.319 e. The molecule has 0 saturated carbocycles. The molecule has 1 aromatic heterocycles. The van der Waals surface area contributed by atoms with Gasteiger partial charge in [-0.2, -0.15) is 0 Å². The molecule has 21 heavy (non-hydrogen) atoms. The van der Waals surface area contributed by atoms with Gasteiger partial charge in [0.05, 0.1) is 11.0 Å². The number of amides is 2. The van der Waals surface area contributed by atoms with E-state index in [1.54, 1.807) is 37.5 Å². The lowest BCUT2D eigenvalue weighted by Gasteiger charge is -2.14. The molecule has 2 N–H and O–H groups in total. The number of rotatable bonds is 4. The summed E-state index contributed by atoms with van der Waals surface area (Å²) in [6.45, 7) is 1.80. The second-order valence-electron chi connectivity index (χ2n) is 4.38. The Balaban J connectivity index is 2.04. The number of hydrogen-bond acceptors (Lipinski definition) is 4. The first kappa shape index (κ1) is 14.4. The third-order valence-corrected chi connectivity index (χ3v) is 2.88. The monoisotopic (exact) mass is 286 g/mol. The lowest BCUT2D eigenvalue weighted by molar-refractivity contribution is -0.383. The van der Waals surface area contributed by atoms with Gasteiger partial charge in [-0.1, -0.05) is 18.2 Å². The van der Waals surface area contributed by atoms with Gasteiger partial charge in [0.25, 0.3) is 5.69 Å². The van der Waals surface area contributed by atoms with E-state index in [2.05, 4.69) is 15.6 Å². The molecule has 2 aromatic rings. The quantitative estimate of drug-likeness (QED) is 0.667. The summed E-state index contributed by atoms with van der Waals surface area (Å²) in [4.78, 5) is 26.2. The number of carbonyl (C=O) groups is 1. The molecule has 1 heterocycles. The molecule has 108 valence electrons. The van der Waals surface area contributed by atoms with Gasteiger partial charge in [0.2, 0.25) is 0 Å². The number of hydrogen-bond donors (Lipinski definition) is 2. The van der Waals surface area contributed by atoms with Crippen molar-refractivity contribution in [2.24, 2.45) is 0 Å². The molecule has 0 fully saturated rings. The van der Waals surface area contributed by atoms with Crippen LogP contribution in [0.2, 0.25) is 0 Å². The zero-order valence-electron chi connectivity index (χ0n) is 11.3. The van der Waals surface area contributed by atoms with E-state index in [1.807, 2.05) is 6.07 Å². The van der Waals surface area contributed by atoms with Crippen LogP contribution in [-0.2, 0) is 0 Å². The molecule has 0 saturated heterocycles. The number of para-hydroxylation sites is 2. The van der Waals surface area contributed by atoms with E-state index in [1.165, 1.54) is 12.1 Å². The van der Waals surface area contributed by atoms with E-state index in [9.17, 15) is 14.9 Å². The molecule has 0 aliphatic heterocycles. The Hall–Kier alpha value is -2.96. The molecule has 0 radical (unpaired) electrons. The van der Waals surface area contributed by atoms with Crippen molar-refractivity contribution in [3.05, 3.63) is 64.5 Å². The van der Waals surface area contributed by atoms with Crippen LogP contribution in [0.5, 0.6) is 0 Å². The Bertz CT molecular complexity index is 646. The van der Waals surface area contributed by atoms with Crippen LogP contribution in [-0.4, -0.2) is 15.9 Å². The second-order valence-corrected chi connectivity index (χ2v) is 4.38. The predicted molar refractivity (Wildman–Crippen MR) is 77.9 cm³/mol. The second kappa shape index (κ2) is 6.47. The average Bonchev–Trinajstić information content (AvgIpc) is 2.48. The van der Waals surface area contributed by atoms with Crippen LogP contribution in [0, 0.1) is 10.1 Å². The fourth-order valence-electron chi connectivity index (χ4n) is 1.81. The Kier molecular flexibility index (Phi) is 4.45. The van der Waals surface area contributed by atoms with Gasteiger partial charge in [-0.15, -0.1) is 0 Å². The fourth-order valence-corrected chi connectivity index (χ4v) is 1.81. The third kappa shape index (κ3) is 3.75. The molecular formula is C14H14N4O3. The highest BCUT2D eigenvalue weighted by atomic mass is 16.6. The van der Waals surface area contributed by atoms with E-state index >= 15 is 0 Å². The first-order valence-corrected chi connectivity index (χ1v) is 6.29. The Morgan fingerprint density at radius 2 is 2.05 bits per heavy atom. The summed E-state index contributed by atoms with van der Waals surface area (Å²) in [5.41, 5.74) is 0.843. The van der Waals surface area contributed by atoms with Gasteiger partial charge in [0.15, 0.2) is 0 Å². The first-order valence-electron chi connectivity index (χ1n) is 6.29. The summed E-state index contributed by atoms with van der Waals surface area (Å²) in [6.07, 6.45) is 3.29. The summed E-state index contributed by atoms with van der Waals surface area (Å²) < 4.78 is 0. The first-order chi connectivity index (χ1) is 10.1. The highest BCUT2D eigenvalue weighted by Gasteiger charge is 2.16. The van der Waals surface area contributed by atoms with Crippen LogP contribution in [0.3, 0.4) is 0 Å². The summed E-state index contributed by atoms with van der Waals surface area (Å²) in [7, 11) is 0. The summed E-state index contributed by atoms with van der Waals surface area (Å²) in [5, 5.41) is 16.1. The standard InChI is InChI=1S/C14H14N4O3/c1-10(11-5-4-8-15-9-11)16-14(19)17-12-6-2-3-7-13(12)18(20)21/h2-10H,1H3,(H2,16,17,19)/t10-/m1/s1. The van der Waals surface area contributed by atoms with Gasteiger partial charge in [0.1, 0.15) is 5.69 Å². The summed E-state index contributed by atoms with van der Waals surface area (Å²) in [6, 6.07) is 8.80. The summed E-state index contributed by atoms with van der Waals surface area (Å²) in [5.74, 6) is 0. The zero-order valence-corrected chi connectivity index (χ0v) is 11.3. The smallest absolute Gasteiger partial charge is 0.319 e. The van der Waals surface area contributed by atoms with Crippen LogP contribution in [0.4, 0.5) is 16.2 Å². The largest absolute Gasteiger partial charge is 0.331 e. The number of urea groups is 1. The molecule has 0 aliphatic carbocycles. The van der Waals surface area contributed by atoms with E-state index in [-0.39, 0.29) is 17.4 Å². The van der Waals surface area contributed by atoms with Crippen molar-refractivity contribution in [3.63, 3.8) is 0 Å². The maximum absolute atomic E-state index is 11.9. The number of anilines is 1. The minimum absolute atomic E-state index is 0.151. The van der Waals surface area contributed by atoms with Gasteiger partial charge in [0, 0.05) is 18.5 Å². The minimum Gasteiger partial charge on any atom is -0.331 e. The minimum atomic E-state index is -0.542. The zero-order chi connectivity index (χ0) is 15.2. The molecule has 2 amide bonds. The SMILES string of the molecule is C[C@@H](NC(=O)Nc1ccccc1[N+](=O)[O-])c1cccnc1. The lowest BCUT2D eigenvalue weighted by Crippen LogP contribution is -2.31. The molecule has 0 aliphatic rings. The van der Waals surface area contributed by atoms with E-state index in [0.29, 0.717) is 0 Å². The van der Waals surface area contributed by atoms with Gasteiger partial charge >= 0.3 is 6.03 Å². The Morgan fingerprint density at radius 1 is 1.29 bits per heavy atom. The normalized spacial score (nSPS) is 11.5. The Morgan fingerprint density at radius 3 is 2.71 bits per heavy atom. The topological polar surface area (TPSA) is 97.2 Å². The fraction of sp³-hybridized carbons (Fsp3) is 0.143. The number of nitro benzene ring substituents is 1. The third-order valence-electron chi connectivity index (χ3n) is 2.88. The number of nitrogens with one attached hydrogen (secondary N) is 2. The average molecular weight is 286 g/mol. The van der Waals surface area contributed by atoms with Crippen molar-refractivity contribution in [2.45, 2.75) is 13.0 Å². The van der Waals surface area contributed by atoms with Crippen LogP contribution < -0.4 is 10.6 Å². The van der Waals surface area contributed by atoms with Gasteiger partial charge in [-0.25, -0.2) is 4.79 Å². The molecule has 0 bridgehead atoms. The number of carbonyl (C=O) groups excluding carboxylic acids is 1. The molecule has 0 spiro atoms. The maximum atomic E-state index is 11.9. The number of aromatic nitrogens is 1. The molecular weight excluding hydrogens is 272 g/mol. The van der Waals surface area contributed by atoms with Crippen molar-refractivity contribution >= 4 is 17.4 Å². The van der Waals surface area contributed by atoms with Crippen LogP contribution in [0.25, 0.3) is 0 Å². The van der Waals surface area contributed by atoms with Gasteiger partial charge < -0.3 is 10.6 Å².